The van der Waals surface area contributed by atoms with Gasteiger partial charge in [-0.15, -0.1) is 0 Å². The van der Waals surface area contributed by atoms with Gasteiger partial charge in [0.15, 0.2) is 0 Å². The number of nitrogens with two attached hydrogens (primary N) is 1. The molecule has 0 spiro atoms. The highest BCUT2D eigenvalue weighted by molar-refractivity contribution is 5.71. The van der Waals surface area contributed by atoms with E-state index < -0.39 is 24.5 Å². The summed E-state index contributed by atoms with van der Waals surface area (Å²) in [6, 6.07) is 1.12. The highest BCUT2D eigenvalue weighted by Gasteiger charge is 2.19. The van der Waals surface area contributed by atoms with Gasteiger partial charge in [-0.05, 0) is 6.07 Å². The van der Waals surface area contributed by atoms with Crippen molar-refractivity contribution in [3.05, 3.63) is 23.0 Å². The van der Waals surface area contributed by atoms with E-state index in [1.54, 1.807) is 0 Å². The summed E-state index contributed by atoms with van der Waals surface area (Å²) in [4.78, 5) is 14.2. The Morgan fingerprint density at radius 3 is 2.71 bits per heavy atom. The summed E-state index contributed by atoms with van der Waals surface area (Å²) >= 11 is 0. The average Bonchev–Trinajstić information content (AvgIpc) is 2.26. The monoisotopic (exact) mass is 246 g/mol. The number of rotatable bonds is 5. The molecule has 0 aromatic carbocycles. The number of nitrogens with zero attached hydrogens (tertiary/aromatic N) is 1. The Morgan fingerprint density at radius 1 is 1.65 bits per heavy atom. The minimum Gasteiger partial charge on any atom is -0.494 e. The van der Waals surface area contributed by atoms with Gasteiger partial charge in [0.05, 0.1) is 19.2 Å². The average molecular weight is 246 g/mol. The van der Waals surface area contributed by atoms with E-state index in [1.165, 1.54) is 7.11 Å². The van der Waals surface area contributed by atoms with Crippen molar-refractivity contribution in [3.63, 3.8) is 0 Å². The molecule has 17 heavy (non-hydrogen) atoms. The van der Waals surface area contributed by atoms with Gasteiger partial charge in [-0.25, -0.2) is 13.8 Å². The minimum absolute atomic E-state index is 0.0297. The zero-order valence-corrected chi connectivity index (χ0v) is 9.11. The van der Waals surface area contributed by atoms with Gasteiger partial charge in [0.25, 0.3) is 6.43 Å². The predicted octanol–water partition coefficient (Wildman–Crippen LogP) is 1.11. The topological polar surface area (TPSA) is 85.4 Å². The van der Waals surface area contributed by atoms with E-state index in [0.717, 1.165) is 6.07 Å². The molecule has 1 rings (SSSR count). The Morgan fingerprint density at radius 2 is 2.29 bits per heavy atom. The first-order chi connectivity index (χ1) is 7.99. The first-order valence-electron chi connectivity index (χ1n) is 4.76. The van der Waals surface area contributed by atoms with Gasteiger partial charge in [-0.1, -0.05) is 0 Å². The molecule has 5 nitrogen and oxygen atoms in total. The molecule has 0 radical (unpaired) electrons. The molecule has 3 N–H and O–H groups in total. The molecule has 0 fully saturated rings. The number of aliphatic carboxylic acids is 1. The van der Waals surface area contributed by atoms with E-state index in [1.807, 2.05) is 0 Å². The lowest BCUT2D eigenvalue weighted by Crippen LogP contribution is -2.11. The maximum Gasteiger partial charge on any atom is 0.309 e. The minimum atomic E-state index is -2.78. The Kier molecular flexibility index (Phi) is 4.33. The fraction of sp³-hybridized carbons (Fsp3) is 0.400. The number of carboxylic acids is 1. The second kappa shape index (κ2) is 5.53. The molecule has 0 aliphatic carbocycles. The highest BCUT2D eigenvalue weighted by Crippen LogP contribution is 2.27. The highest BCUT2D eigenvalue weighted by atomic mass is 19.3. The molecule has 0 saturated carbocycles. The molecule has 94 valence electrons. The van der Waals surface area contributed by atoms with Crippen LogP contribution < -0.4 is 10.5 Å². The maximum atomic E-state index is 12.5. The zero-order valence-electron chi connectivity index (χ0n) is 9.11. The van der Waals surface area contributed by atoms with Gasteiger partial charge in [0.1, 0.15) is 11.4 Å². The van der Waals surface area contributed by atoms with E-state index in [-0.39, 0.29) is 18.0 Å². The molecule has 0 unspecified atom stereocenters. The van der Waals surface area contributed by atoms with Crippen LogP contribution in [-0.4, -0.2) is 23.2 Å². The van der Waals surface area contributed by atoms with Crippen molar-refractivity contribution in [2.45, 2.75) is 19.4 Å². The van der Waals surface area contributed by atoms with Crippen molar-refractivity contribution in [3.8, 4) is 5.75 Å². The van der Waals surface area contributed by atoms with Crippen LogP contribution in [0.5, 0.6) is 5.75 Å². The first-order valence-corrected chi connectivity index (χ1v) is 4.76. The van der Waals surface area contributed by atoms with Crippen molar-refractivity contribution < 1.29 is 23.4 Å². The van der Waals surface area contributed by atoms with E-state index in [0.29, 0.717) is 5.56 Å². The quantitative estimate of drug-likeness (QED) is 0.812. The molecule has 1 aromatic rings. The van der Waals surface area contributed by atoms with Crippen LogP contribution in [0.1, 0.15) is 23.4 Å². The summed E-state index contributed by atoms with van der Waals surface area (Å²) in [5.41, 5.74) is 5.17. The largest absolute Gasteiger partial charge is 0.494 e. The lowest BCUT2D eigenvalue weighted by molar-refractivity contribution is -0.136. The number of hydrogen-bond donors (Lipinski definition) is 2. The normalized spacial score (nSPS) is 10.6. The standard InChI is InChI=1S/C10H12F2N2O3/c1-17-9-5(4-13)2-7(10(11)12)14-6(9)3-8(15)16/h2,10H,3-4,13H2,1H3,(H,15,16). The number of halogens is 2. The molecule has 0 atom stereocenters. The third-order valence-corrected chi connectivity index (χ3v) is 2.11. The van der Waals surface area contributed by atoms with Crippen molar-refractivity contribution >= 4 is 5.97 Å². The van der Waals surface area contributed by atoms with Crippen LogP contribution in [-0.2, 0) is 17.8 Å². The van der Waals surface area contributed by atoms with Crippen molar-refractivity contribution in [2.24, 2.45) is 5.73 Å². The van der Waals surface area contributed by atoms with Crippen LogP contribution in [0.3, 0.4) is 0 Å². The molecule has 0 saturated heterocycles. The van der Waals surface area contributed by atoms with Crippen LogP contribution in [0.15, 0.2) is 6.07 Å². The molecule has 0 amide bonds. The molecule has 1 heterocycles. The van der Waals surface area contributed by atoms with Crippen LogP contribution in [0.2, 0.25) is 0 Å². The Balaban J connectivity index is 3.31. The summed E-state index contributed by atoms with van der Waals surface area (Å²) in [6.07, 6.45) is -3.27. The SMILES string of the molecule is COc1c(CN)cc(C(F)F)nc1CC(=O)O. The van der Waals surface area contributed by atoms with E-state index >= 15 is 0 Å². The molecular weight excluding hydrogens is 234 g/mol. The Bertz CT molecular complexity index is 424. The number of alkyl halides is 2. The predicted molar refractivity (Wildman–Crippen MR) is 55.0 cm³/mol. The van der Waals surface area contributed by atoms with Gasteiger partial charge < -0.3 is 15.6 Å². The first kappa shape index (κ1) is 13.3. The number of hydrogen-bond acceptors (Lipinski definition) is 4. The van der Waals surface area contributed by atoms with Crippen LogP contribution in [0.25, 0.3) is 0 Å². The number of aromatic nitrogens is 1. The lowest BCUT2D eigenvalue weighted by atomic mass is 10.1. The van der Waals surface area contributed by atoms with Gasteiger partial charge >= 0.3 is 5.97 Å². The summed E-state index contributed by atoms with van der Waals surface area (Å²) in [6.45, 7) is -0.0297. The van der Waals surface area contributed by atoms with Gasteiger partial charge in [-0.2, -0.15) is 0 Å². The number of pyridine rings is 1. The van der Waals surface area contributed by atoms with Crippen molar-refractivity contribution in [1.82, 2.24) is 4.98 Å². The number of ether oxygens (including phenoxy) is 1. The fourth-order valence-electron chi connectivity index (χ4n) is 1.44. The van der Waals surface area contributed by atoms with E-state index in [2.05, 4.69) is 4.98 Å². The second-order valence-electron chi connectivity index (χ2n) is 3.26. The van der Waals surface area contributed by atoms with E-state index in [9.17, 15) is 13.6 Å². The smallest absolute Gasteiger partial charge is 0.309 e. The third-order valence-electron chi connectivity index (χ3n) is 2.11. The number of carbonyl (C=O) groups is 1. The van der Waals surface area contributed by atoms with Crippen LogP contribution in [0, 0.1) is 0 Å². The summed E-state index contributed by atoms with van der Waals surface area (Å²) in [7, 11) is 1.31. The molecule has 0 bridgehead atoms. The fourth-order valence-corrected chi connectivity index (χ4v) is 1.44. The molecule has 1 aromatic heterocycles. The van der Waals surface area contributed by atoms with Gasteiger partial charge in [-0.3, -0.25) is 4.79 Å². The third kappa shape index (κ3) is 3.10. The maximum absolute atomic E-state index is 12.5. The summed E-state index contributed by atoms with van der Waals surface area (Å²) in [5, 5.41) is 8.67. The van der Waals surface area contributed by atoms with Crippen LogP contribution >= 0.6 is 0 Å². The molecule has 0 aliphatic heterocycles. The van der Waals surface area contributed by atoms with Gasteiger partial charge in [0, 0.05) is 12.1 Å². The molecular formula is C10H12F2N2O3. The van der Waals surface area contributed by atoms with E-state index in [4.69, 9.17) is 15.6 Å². The second-order valence-corrected chi connectivity index (χ2v) is 3.26. The summed E-state index contributed by atoms with van der Waals surface area (Å²) < 4.78 is 30.0. The Labute approximate surface area is 96.2 Å². The van der Waals surface area contributed by atoms with Gasteiger partial charge in [0.2, 0.25) is 0 Å². The van der Waals surface area contributed by atoms with Crippen molar-refractivity contribution in [2.75, 3.05) is 7.11 Å². The number of methoxy groups -OCH3 is 1. The van der Waals surface area contributed by atoms with Crippen LogP contribution in [0.4, 0.5) is 8.78 Å². The van der Waals surface area contributed by atoms with Crippen molar-refractivity contribution in [1.29, 1.82) is 0 Å². The molecule has 7 heteroatoms. The summed E-state index contributed by atoms with van der Waals surface area (Å²) in [5.74, 6) is -1.02. The lowest BCUT2D eigenvalue weighted by Gasteiger charge is -2.12. The molecule has 0 aliphatic rings. The zero-order chi connectivity index (χ0) is 13.0. The number of carboxylic acid groups (broad SMARTS) is 1. The Hall–Kier alpha value is -1.76.